The first kappa shape index (κ1) is 15.3. The molecule has 1 atom stereocenters. The maximum absolute atomic E-state index is 10.9. The van der Waals surface area contributed by atoms with Crippen LogP contribution in [-0.4, -0.2) is 34.0 Å². The third kappa shape index (κ3) is 3.05. The molecular formula is C19H18N2O2S. The van der Waals surface area contributed by atoms with Gasteiger partial charge in [-0.25, -0.2) is 9.78 Å². The zero-order chi connectivity index (χ0) is 16.5. The predicted molar refractivity (Wildman–Crippen MR) is 95.7 cm³/mol. The van der Waals surface area contributed by atoms with E-state index in [1.807, 2.05) is 18.2 Å². The molecule has 1 aromatic heterocycles. The first-order valence-electron chi connectivity index (χ1n) is 8.09. The van der Waals surface area contributed by atoms with Crippen molar-refractivity contribution in [2.24, 2.45) is 0 Å². The van der Waals surface area contributed by atoms with Crippen LogP contribution in [0.25, 0.3) is 10.2 Å². The number of aromatic carboxylic acids is 1. The fourth-order valence-electron chi connectivity index (χ4n) is 3.25. The summed E-state index contributed by atoms with van der Waals surface area (Å²) in [5.41, 5.74) is 2.60. The molecule has 0 aliphatic carbocycles. The fourth-order valence-corrected chi connectivity index (χ4v) is 4.35. The van der Waals surface area contributed by atoms with Crippen molar-refractivity contribution in [3.63, 3.8) is 0 Å². The SMILES string of the molecule is O=C(O)c1ccc(CN2CCC(c3nc4ccccc4s3)C2)cc1. The molecule has 1 aliphatic heterocycles. The van der Waals surface area contributed by atoms with E-state index in [0.29, 0.717) is 11.5 Å². The summed E-state index contributed by atoms with van der Waals surface area (Å²) in [4.78, 5) is 18.1. The van der Waals surface area contributed by atoms with Gasteiger partial charge < -0.3 is 5.11 Å². The van der Waals surface area contributed by atoms with Gasteiger partial charge in [0.05, 0.1) is 20.8 Å². The second kappa shape index (κ2) is 6.34. The lowest BCUT2D eigenvalue weighted by molar-refractivity contribution is 0.0697. The van der Waals surface area contributed by atoms with E-state index in [9.17, 15) is 4.79 Å². The second-order valence-electron chi connectivity index (χ2n) is 6.24. The first-order valence-corrected chi connectivity index (χ1v) is 8.91. The summed E-state index contributed by atoms with van der Waals surface area (Å²) >= 11 is 1.80. The highest BCUT2D eigenvalue weighted by Crippen LogP contribution is 2.33. The minimum absolute atomic E-state index is 0.340. The molecule has 0 saturated carbocycles. The highest BCUT2D eigenvalue weighted by Gasteiger charge is 2.26. The van der Waals surface area contributed by atoms with Crippen LogP contribution in [0.4, 0.5) is 0 Å². The maximum atomic E-state index is 10.9. The van der Waals surface area contributed by atoms with Crippen molar-refractivity contribution < 1.29 is 9.90 Å². The molecule has 1 saturated heterocycles. The molecule has 1 N–H and O–H groups in total. The zero-order valence-corrected chi connectivity index (χ0v) is 14.0. The van der Waals surface area contributed by atoms with Crippen LogP contribution < -0.4 is 0 Å². The summed E-state index contributed by atoms with van der Waals surface area (Å²) in [6.45, 7) is 2.93. The Morgan fingerprint density at radius 3 is 2.75 bits per heavy atom. The Labute approximate surface area is 144 Å². The van der Waals surface area contributed by atoms with E-state index in [1.165, 1.54) is 9.71 Å². The number of thiazole rings is 1. The molecular weight excluding hydrogens is 320 g/mol. The Bertz CT molecular complexity index is 839. The van der Waals surface area contributed by atoms with E-state index in [2.05, 4.69) is 23.1 Å². The maximum Gasteiger partial charge on any atom is 0.335 e. The van der Waals surface area contributed by atoms with E-state index in [1.54, 1.807) is 23.5 Å². The summed E-state index contributed by atoms with van der Waals surface area (Å²) in [5.74, 6) is -0.376. The number of benzene rings is 2. The number of carboxylic acid groups (broad SMARTS) is 1. The molecule has 1 fully saturated rings. The summed E-state index contributed by atoms with van der Waals surface area (Å²) in [5, 5.41) is 10.2. The molecule has 0 spiro atoms. The number of carboxylic acids is 1. The Kier molecular flexibility index (Phi) is 4.04. The second-order valence-corrected chi connectivity index (χ2v) is 7.30. The normalized spacial score (nSPS) is 18.2. The number of para-hydroxylation sites is 1. The average molecular weight is 338 g/mol. The number of nitrogens with zero attached hydrogens (tertiary/aromatic N) is 2. The van der Waals surface area contributed by atoms with E-state index < -0.39 is 5.97 Å². The van der Waals surface area contributed by atoms with Crippen LogP contribution in [0, 0.1) is 0 Å². The summed E-state index contributed by atoms with van der Waals surface area (Å²) in [7, 11) is 0. The van der Waals surface area contributed by atoms with Gasteiger partial charge in [-0.3, -0.25) is 4.90 Å². The summed E-state index contributed by atoms with van der Waals surface area (Å²) in [6, 6.07) is 15.5. The molecule has 0 radical (unpaired) electrons. The standard InChI is InChI=1S/C19H18N2O2S/c22-19(23)14-7-5-13(6-8-14)11-21-10-9-15(12-21)18-20-16-3-1-2-4-17(16)24-18/h1-8,15H,9-12H2,(H,22,23). The van der Waals surface area contributed by atoms with Crippen molar-refractivity contribution in [2.45, 2.75) is 18.9 Å². The van der Waals surface area contributed by atoms with Crippen molar-refractivity contribution in [1.29, 1.82) is 0 Å². The van der Waals surface area contributed by atoms with Crippen LogP contribution >= 0.6 is 11.3 Å². The van der Waals surface area contributed by atoms with Gasteiger partial charge in [0, 0.05) is 19.0 Å². The molecule has 2 heterocycles. The number of rotatable bonds is 4. The lowest BCUT2D eigenvalue weighted by atomic mass is 10.1. The molecule has 122 valence electrons. The van der Waals surface area contributed by atoms with E-state index in [-0.39, 0.29) is 0 Å². The van der Waals surface area contributed by atoms with Crippen LogP contribution in [0.3, 0.4) is 0 Å². The summed E-state index contributed by atoms with van der Waals surface area (Å²) < 4.78 is 1.26. The molecule has 4 nitrogen and oxygen atoms in total. The molecule has 0 bridgehead atoms. The van der Waals surface area contributed by atoms with Crippen LogP contribution in [0.5, 0.6) is 0 Å². The molecule has 3 aromatic rings. The van der Waals surface area contributed by atoms with Gasteiger partial charge in [-0.1, -0.05) is 24.3 Å². The highest BCUT2D eigenvalue weighted by atomic mass is 32.1. The minimum Gasteiger partial charge on any atom is -0.478 e. The number of carbonyl (C=O) groups is 1. The Morgan fingerprint density at radius 1 is 1.21 bits per heavy atom. The van der Waals surface area contributed by atoms with Gasteiger partial charge in [0.2, 0.25) is 0 Å². The van der Waals surface area contributed by atoms with Crippen molar-refractivity contribution in [3.8, 4) is 0 Å². The van der Waals surface area contributed by atoms with Crippen molar-refractivity contribution in [3.05, 3.63) is 64.7 Å². The smallest absolute Gasteiger partial charge is 0.335 e. The Hall–Kier alpha value is -2.24. The fraction of sp³-hybridized carbons (Fsp3) is 0.263. The van der Waals surface area contributed by atoms with Gasteiger partial charge in [-0.15, -0.1) is 11.3 Å². The average Bonchev–Trinajstić information content (AvgIpc) is 3.21. The van der Waals surface area contributed by atoms with E-state index in [0.717, 1.165) is 37.1 Å². The van der Waals surface area contributed by atoms with Gasteiger partial charge in [-0.05, 0) is 42.8 Å². The van der Waals surface area contributed by atoms with Crippen LogP contribution in [0.15, 0.2) is 48.5 Å². The molecule has 1 aliphatic rings. The molecule has 24 heavy (non-hydrogen) atoms. The molecule has 5 heteroatoms. The third-order valence-electron chi connectivity index (χ3n) is 4.54. The van der Waals surface area contributed by atoms with Crippen molar-refractivity contribution >= 4 is 27.5 Å². The third-order valence-corrected chi connectivity index (χ3v) is 5.74. The van der Waals surface area contributed by atoms with Gasteiger partial charge in [-0.2, -0.15) is 0 Å². The van der Waals surface area contributed by atoms with Crippen LogP contribution in [0.1, 0.15) is 33.3 Å². The van der Waals surface area contributed by atoms with Gasteiger partial charge in [0.1, 0.15) is 0 Å². The van der Waals surface area contributed by atoms with E-state index in [4.69, 9.17) is 10.1 Å². The van der Waals surface area contributed by atoms with Crippen LogP contribution in [0.2, 0.25) is 0 Å². The number of hydrogen-bond acceptors (Lipinski definition) is 4. The van der Waals surface area contributed by atoms with Gasteiger partial charge in [0.25, 0.3) is 0 Å². The summed E-state index contributed by atoms with van der Waals surface area (Å²) in [6.07, 6.45) is 1.13. The lowest BCUT2D eigenvalue weighted by Gasteiger charge is -2.15. The Morgan fingerprint density at radius 2 is 2.00 bits per heavy atom. The predicted octanol–water partition coefficient (Wildman–Crippen LogP) is 3.98. The lowest BCUT2D eigenvalue weighted by Crippen LogP contribution is -2.19. The minimum atomic E-state index is -0.876. The quantitative estimate of drug-likeness (QED) is 0.782. The molecule has 0 amide bonds. The zero-order valence-electron chi connectivity index (χ0n) is 13.2. The molecule has 4 rings (SSSR count). The monoisotopic (exact) mass is 338 g/mol. The molecule has 2 aromatic carbocycles. The largest absolute Gasteiger partial charge is 0.478 e. The van der Waals surface area contributed by atoms with Crippen molar-refractivity contribution in [2.75, 3.05) is 13.1 Å². The Balaban J connectivity index is 1.43. The first-order chi connectivity index (χ1) is 11.7. The number of aromatic nitrogens is 1. The number of fused-ring (bicyclic) bond motifs is 1. The van der Waals surface area contributed by atoms with E-state index >= 15 is 0 Å². The highest BCUT2D eigenvalue weighted by molar-refractivity contribution is 7.18. The topological polar surface area (TPSA) is 53.4 Å². The van der Waals surface area contributed by atoms with Gasteiger partial charge in [0.15, 0.2) is 0 Å². The number of likely N-dealkylation sites (tertiary alicyclic amines) is 1. The van der Waals surface area contributed by atoms with Crippen LogP contribution in [-0.2, 0) is 6.54 Å². The van der Waals surface area contributed by atoms with Gasteiger partial charge >= 0.3 is 5.97 Å². The molecule has 1 unspecified atom stereocenters. The van der Waals surface area contributed by atoms with Crippen molar-refractivity contribution in [1.82, 2.24) is 9.88 Å². The number of hydrogen-bond donors (Lipinski definition) is 1.